The molecule has 1 aliphatic heterocycles. The molecule has 1 aromatic rings. The van der Waals surface area contributed by atoms with E-state index in [0.29, 0.717) is 11.8 Å². The molecule has 1 aliphatic rings. The second kappa shape index (κ2) is 6.78. The molecule has 1 atom stereocenters. The highest BCUT2D eigenvalue weighted by atomic mass is 16.5. The molecule has 1 aromatic carbocycles. The van der Waals surface area contributed by atoms with Crippen LogP contribution in [0.3, 0.4) is 0 Å². The lowest BCUT2D eigenvalue weighted by atomic mass is 9.87. The van der Waals surface area contributed by atoms with Crippen molar-refractivity contribution in [3.8, 4) is 11.5 Å². The van der Waals surface area contributed by atoms with Gasteiger partial charge in [0.1, 0.15) is 0 Å². The summed E-state index contributed by atoms with van der Waals surface area (Å²) in [6.45, 7) is 2.76. The largest absolute Gasteiger partial charge is 0.493 e. The first-order chi connectivity index (χ1) is 9.28. The van der Waals surface area contributed by atoms with Gasteiger partial charge in [-0.25, -0.2) is 0 Å². The highest BCUT2D eigenvalue weighted by Gasteiger charge is 2.24. The zero-order valence-electron chi connectivity index (χ0n) is 11.9. The first kappa shape index (κ1) is 14.2. The summed E-state index contributed by atoms with van der Waals surface area (Å²) in [5, 5.41) is 3.27. The SMILES string of the molecule is CNCC(CC1COC1)c1ccc(OC)c(OC)c1. The molecule has 0 aliphatic carbocycles. The highest BCUT2D eigenvalue weighted by molar-refractivity contribution is 5.44. The Morgan fingerprint density at radius 3 is 2.53 bits per heavy atom. The molecule has 106 valence electrons. The van der Waals surface area contributed by atoms with Crippen LogP contribution in [-0.4, -0.2) is 41.0 Å². The van der Waals surface area contributed by atoms with Crippen molar-refractivity contribution in [1.29, 1.82) is 0 Å². The summed E-state index contributed by atoms with van der Waals surface area (Å²) in [4.78, 5) is 0. The molecule has 1 fully saturated rings. The molecule has 1 unspecified atom stereocenters. The average molecular weight is 265 g/mol. The minimum Gasteiger partial charge on any atom is -0.493 e. The summed E-state index contributed by atoms with van der Waals surface area (Å²) >= 11 is 0. The van der Waals surface area contributed by atoms with Gasteiger partial charge in [0, 0.05) is 12.5 Å². The zero-order chi connectivity index (χ0) is 13.7. The van der Waals surface area contributed by atoms with E-state index in [2.05, 4.69) is 17.4 Å². The van der Waals surface area contributed by atoms with Gasteiger partial charge in [0.05, 0.1) is 27.4 Å². The lowest BCUT2D eigenvalue weighted by Gasteiger charge is -2.30. The van der Waals surface area contributed by atoms with Crippen molar-refractivity contribution < 1.29 is 14.2 Å². The normalized spacial score (nSPS) is 16.8. The van der Waals surface area contributed by atoms with Crippen LogP contribution < -0.4 is 14.8 Å². The summed E-state index contributed by atoms with van der Waals surface area (Å²) in [5.74, 6) is 2.75. The Labute approximate surface area is 115 Å². The van der Waals surface area contributed by atoms with Crippen molar-refractivity contribution in [1.82, 2.24) is 5.32 Å². The van der Waals surface area contributed by atoms with Crippen LogP contribution in [0.2, 0.25) is 0 Å². The number of methoxy groups -OCH3 is 2. The Hall–Kier alpha value is -1.26. The van der Waals surface area contributed by atoms with Gasteiger partial charge < -0.3 is 19.5 Å². The molecule has 0 radical (unpaired) electrons. The van der Waals surface area contributed by atoms with Gasteiger partial charge in [-0.1, -0.05) is 6.07 Å². The molecule has 0 aromatic heterocycles. The summed E-state index contributed by atoms with van der Waals surface area (Å²) in [5.41, 5.74) is 1.29. The number of ether oxygens (including phenoxy) is 3. The standard InChI is InChI=1S/C15H23NO3/c1-16-8-13(6-11-9-19-10-11)12-4-5-14(17-2)15(7-12)18-3/h4-5,7,11,13,16H,6,8-10H2,1-3H3. The van der Waals surface area contributed by atoms with Crippen LogP contribution in [0.4, 0.5) is 0 Å². The monoisotopic (exact) mass is 265 g/mol. The maximum absolute atomic E-state index is 5.38. The summed E-state index contributed by atoms with van der Waals surface area (Å²) in [6, 6.07) is 6.19. The number of hydrogen-bond acceptors (Lipinski definition) is 4. The Balaban J connectivity index is 2.14. The molecule has 1 heterocycles. The molecule has 1 saturated heterocycles. The first-order valence-electron chi connectivity index (χ1n) is 6.72. The van der Waals surface area contributed by atoms with Crippen molar-refractivity contribution in [2.45, 2.75) is 12.3 Å². The lowest BCUT2D eigenvalue weighted by Crippen LogP contribution is -2.31. The number of nitrogens with one attached hydrogen (secondary N) is 1. The Morgan fingerprint density at radius 2 is 2.00 bits per heavy atom. The predicted octanol–water partition coefficient (Wildman–Crippen LogP) is 2.04. The number of likely N-dealkylation sites (N-methyl/N-ethyl adjacent to an activating group) is 1. The van der Waals surface area contributed by atoms with Crippen molar-refractivity contribution >= 4 is 0 Å². The second-order valence-corrected chi connectivity index (χ2v) is 5.01. The molecule has 0 saturated carbocycles. The number of hydrogen-bond donors (Lipinski definition) is 1. The quantitative estimate of drug-likeness (QED) is 0.819. The van der Waals surface area contributed by atoms with Gasteiger partial charge in [-0.3, -0.25) is 0 Å². The van der Waals surface area contributed by atoms with E-state index in [1.807, 2.05) is 13.1 Å². The molecule has 0 amide bonds. The minimum atomic E-state index is 0.485. The molecular formula is C15H23NO3. The molecule has 19 heavy (non-hydrogen) atoms. The van der Waals surface area contributed by atoms with Crippen molar-refractivity contribution in [3.05, 3.63) is 23.8 Å². The predicted molar refractivity (Wildman–Crippen MR) is 75.1 cm³/mol. The third-order valence-electron chi connectivity index (χ3n) is 3.65. The van der Waals surface area contributed by atoms with Gasteiger partial charge in [0.15, 0.2) is 11.5 Å². The topological polar surface area (TPSA) is 39.7 Å². The molecule has 4 heteroatoms. The van der Waals surface area contributed by atoms with Crippen LogP contribution in [-0.2, 0) is 4.74 Å². The number of rotatable bonds is 7. The van der Waals surface area contributed by atoms with Crippen LogP contribution in [0.5, 0.6) is 11.5 Å². The van der Waals surface area contributed by atoms with Gasteiger partial charge >= 0.3 is 0 Å². The molecule has 0 spiro atoms. The fourth-order valence-electron chi connectivity index (χ4n) is 2.51. The third kappa shape index (κ3) is 3.39. The van der Waals surface area contributed by atoms with Gasteiger partial charge in [0.25, 0.3) is 0 Å². The maximum atomic E-state index is 5.38. The third-order valence-corrected chi connectivity index (χ3v) is 3.65. The van der Waals surface area contributed by atoms with Gasteiger partial charge in [-0.05, 0) is 37.1 Å². The van der Waals surface area contributed by atoms with E-state index in [-0.39, 0.29) is 0 Å². The maximum Gasteiger partial charge on any atom is 0.160 e. The van der Waals surface area contributed by atoms with Crippen LogP contribution >= 0.6 is 0 Å². The number of benzene rings is 1. The Bertz CT molecular complexity index is 404. The van der Waals surface area contributed by atoms with E-state index in [9.17, 15) is 0 Å². The summed E-state index contributed by atoms with van der Waals surface area (Å²) in [7, 11) is 5.33. The molecule has 1 N–H and O–H groups in total. The van der Waals surface area contributed by atoms with Gasteiger partial charge in [-0.2, -0.15) is 0 Å². The van der Waals surface area contributed by atoms with E-state index in [0.717, 1.165) is 37.7 Å². The summed E-state index contributed by atoms with van der Waals surface area (Å²) in [6.07, 6.45) is 1.15. The molecule has 4 nitrogen and oxygen atoms in total. The van der Waals surface area contributed by atoms with Crippen molar-refractivity contribution in [2.75, 3.05) is 41.0 Å². The van der Waals surface area contributed by atoms with Crippen LogP contribution in [0.15, 0.2) is 18.2 Å². The van der Waals surface area contributed by atoms with E-state index in [1.165, 1.54) is 5.56 Å². The van der Waals surface area contributed by atoms with E-state index in [1.54, 1.807) is 14.2 Å². The van der Waals surface area contributed by atoms with Crippen LogP contribution in [0.25, 0.3) is 0 Å². The average Bonchev–Trinajstić information content (AvgIpc) is 2.40. The fraction of sp³-hybridized carbons (Fsp3) is 0.600. The lowest BCUT2D eigenvalue weighted by molar-refractivity contribution is -0.0384. The first-order valence-corrected chi connectivity index (χ1v) is 6.72. The van der Waals surface area contributed by atoms with E-state index < -0.39 is 0 Å². The summed E-state index contributed by atoms with van der Waals surface area (Å²) < 4.78 is 15.9. The molecule has 2 rings (SSSR count). The van der Waals surface area contributed by atoms with Crippen LogP contribution in [0.1, 0.15) is 17.9 Å². The van der Waals surface area contributed by atoms with Gasteiger partial charge in [-0.15, -0.1) is 0 Å². The van der Waals surface area contributed by atoms with Crippen molar-refractivity contribution in [2.24, 2.45) is 5.92 Å². The Morgan fingerprint density at radius 1 is 1.26 bits per heavy atom. The minimum absolute atomic E-state index is 0.485. The van der Waals surface area contributed by atoms with E-state index >= 15 is 0 Å². The van der Waals surface area contributed by atoms with Gasteiger partial charge in [0.2, 0.25) is 0 Å². The highest BCUT2D eigenvalue weighted by Crippen LogP contribution is 2.33. The van der Waals surface area contributed by atoms with E-state index in [4.69, 9.17) is 14.2 Å². The van der Waals surface area contributed by atoms with Crippen LogP contribution in [0, 0.1) is 5.92 Å². The molecule has 0 bridgehead atoms. The second-order valence-electron chi connectivity index (χ2n) is 5.01. The molecular weight excluding hydrogens is 242 g/mol. The zero-order valence-corrected chi connectivity index (χ0v) is 11.9. The smallest absolute Gasteiger partial charge is 0.160 e. The van der Waals surface area contributed by atoms with Crippen molar-refractivity contribution in [3.63, 3.8) is 0 Å². The Kier molecular flexibility index (Phi) is 5.05. The fourth-order valence-corrected chi connectivity index (χ4v) is 2.51.